The highest BCUT2D eigenvalue weighted by atomic mass is 16.2. The second kappa shape index (κ2) is 7.22. The molecule has 108 valence electrons. The molecule has 0 saturated carbocycles. The van der Waals surface area contributed by atoms with Gasteiger partial charge in [0.25, 0.3) is 0 Å². The molecule has 0 fully saturated rings. The van der Waals surface area contributed by atoms with Crippen LogP contribution in [-0.2, 0) is 11.3 Å². The van der Waals surface area contributed by atoms with E-state index in [1.807, 2.05) is 25.1 Å². The van der Waals surface area contributed by atoms with E-state index in [1.54, 1.807) is 17.1 Å². The maximum atomic E-state index is 11.9. The number of aromatic nitrogens is 3. The van der Waals surface area contributed by atoms with Crippen molar-refractivity contribution in [1.82, 2.24) is 15.0 Å². The Kier molecular flexibility index (Phi) is 5.07. The number of hydrogen-bond donors (Lipinski definition) is 2. The summed E-state index contributed by atoms with van der Waals surface area (Å²) in [5.74, 6) is 5.34. The second-order valence-electron chi connectivity index (χ2n) is 4.45. The Bertz CT molecular complexity index is 669. The van der Waals surface area contributed by atoms with Crippen molar-refractivity contribution < 1.29 is 9.90 Å². The van der Waals surface area contributed by atoms with Crippen molar-refractivity contribution in [2.75, 3.05) is 11.9 Å². The summed E-state index contributed by atoms with van der Waals surface area (Å²) in [5.41, 5.74) is 2.49. The Morgan fingerprint density at radius 1 is 1.48 bits per heavy atom. The van der Waals surface area contributed by atoms with Crippen LogP contribution in [0.3, 0.4) is 0 Å². The molecule has 2 rings (SSSR count). The van der Waals surface area contributed by atoms with E-state index in [4.69, 9.17) is 5.11 Å². The number of anilines is 1. The van der Waals surface area contributed by atoms with Crippen LogP contribution >= 0.6 is 0 Å². The second-order valence-corrected chi connectivity index (χ2v) is 4.45. The van der Waals surface area contributed by atoms with Crippen molar-refractivity contribution in [1.29, 1.82) is 0 Å². The van der Waals surface area contributed by atoms with Crippen LogP contribution in [-0.4, -0.2) is 32.6 Å². The zero-order valence-corrected chi connectivity index (χ0v) is 11.7. The number of aryl methyl sites for hydroxylation is 2. The summed E-state index contributed by atoms with van der Waals surface area (Å²) in [6, 6.07) is 5.49. The maximum Gasteiger partial charge on any atom is 0.226 e. The summed E-state index contributed by atoms with van der Waals surface area (Å²) in [4.78, 5) is 11.9. The van der Waals surface area contributed by atoms with Gasteiger partial charge in [-0.25, -0.2) is 0 Å². The number of nitrogens with one attached hydrogen (secondary N) is 1. The number of aliphatic hydroxyl groups is 1. The molecule has 0 aliphatic rings. The van der Waals surface area contributed by atoms with Gasteiger partial charge in [0.15, 0.2) is 0 Å². The van der Waals surface area contributed by atoms with E-state index in [2.05, 4.69) is 27.5 Å². The molecule has 1 aromatic carbocycles. The topological polar surface area (TPSA) is 80.0 Å². The molecule has 0 radical (unpaired) electrons. The smallest absolute Gasteiger partial charge is 0.226 e. The minimum atomic E-state index is -0.167. The van der Waals surface area contributed by atoms with E-state index in [0.717, 1.165) is 16.8 Å². The van der Waals surface area contributed by atoms with Crippen LogP contribution in [0.4, 0.5) is 5.69 Å². The van der Waals surface area contributed by atoms with Crippen LogP contribution < -0.4 is 5.32 Å². The number of rotatable bonds is 4. The third-order valence-corrected chi connectivity index (χ3v) is 2.85. The van der Waals surface area contributed by atoms with Crippen molar-refractivity contribution in [2.45, 2.75) is 19.9 Å². The quantitative estimate of drug-likeness (QED) is 0.820. The van der Waals surface area contributed by atoms with E-state index in [0.29, 0.717) is 13.0 Å². The number of amides is 1. The van der Waals surface area contributed by atoms with Gasteiger partial charge in [0.05, 0.1) is 12.7 Å². The number of carbonyl (C=O) groups excluding carboxylic acids is 1. The molecule has 21 heavy (non-hydrogen) atoms. The van der Waals surface area contributed by atoms with Crippen molar-refractivity contribution in [3.8, 4) is 11.8 Å². The molecular formula is C15H16N4O2. The monoisotopic (exact) mass is 284 g/mol. The predicted molar refractivity (Wildman–Crippen MR) is 78.4 cm³/mol. The van der Waals surface area contributed by atoms with Gasteiger partial charge in [0.2, 0.25) is 5.91 Å². The van der Waals surface area contributed by atoms with E-state index in [-0.39, 0.29) is 12.5 Å². The van der Waals surface area contributed by atoms with Gasteiger partial charge < -0.3 is 10.4 Å². The minimum Gasteiger partial charge on any atom is -0.384 e. The molecule has 1 aromatic heterocycles. The Balaban J connectivity index is 1.94. The van der Waals surface area contributed by atoms with Crippen molar-refractivity contribution >= 4 is 11.6 Å². The zero-order valence-electron chi connectivity index (χ0n) is 11.7. The first-order chi connectivity index (χ1) is 10.2. The molecule has 2 aromatic rings. The van der Waals surface area contributed by atoms with Crippen LogP contribution in [0.5, 0.6) is 0 Å². The first kappa shape index (κ1) is 14.8. The lowest BCUT2D eigenvalue weighted by atomic mass is 10.1. The molecule has 1 amide bonds. The molecule has 0 unspecified atom stereocenters. The average Bonchev–Trinajstić information content (AvgIpc) is 2.99. The first-order valence-corrected chi connectivity index (χ1v) is 6.53. The molecular weight excluding hydrogens is 268 g/mol. The fourth-order valence-electron chi connectivity index (χ4n) is 1.80. The molecule has 0 aliphatic heterocycles. The lowest BCUT2D eigenvalue weighted by Gasteiger charge is -2.08. The summed E-state index contributed by atoms with van der Waals surface area (Å²) in [5, 5.41) is 19.0. The summed E-state index contributed by atoms with van der Waals surface area (Å²) < 4.78 is 1.61. The highest BCUT2D eigenvalue weighted by Crippen LogP contribution is 2.16. The number of aliphatic hydroxyl groups excluding tert-OH is 1. The molecule has 6 heteroatoms. The number of carbonyl (C=O) groups is 1. The van der Waals surface area contributed by atoms with Gasteiger partial charge >= 0.3 is 0 Å². The standard InChI is InChI=1S/C15H16N4O2/c1-12-11-13(3-2-10-20)4-5-14(12)17-15(21)6-8-19-9-7-16-18-19/h4-5,7,9,11,20H,6,8,10H2,1H3,(H,17,21). The lowest BCUT2D eigenvalue weighted by molar-refractivity contribution is -0.116. The summed E-state index contributed by atoms with van der Waals surface area (Å²) in [7, 11) is 0. The van der Waals surface area contributed by atoms with Crippen molar-refractivity contribution in [3.05, 3.63) is 41.7 Å². The average molecular weight is 284 g/mol. The van der Waals surface area contributed by atoms with E-state index in [9.17, 15) is 4.79 Å². The van der Waals surface area contributed by atoms with E-state index in [1.165, 1.54) is 0 Å². The highest BCUT2D eigenvalue weighted by molar-refractivity contribution is 5.91. The Labute approximate surface area is 122 Å². The van der Waals surface area contributed by atoms with Gasteiger partial charge in [-0.3, -0.25) is 9.48 Å². The van der Waals surface area contributed by atoms with Crippen molar-refractivity contribution in [2.24, 2.45) is 0 Å². The molecule has 2 N–H and O–H groups in total. The van der Waals surface area contributed by atoms with E-state index >= 15 is 0 Å². The predicted octanol–water partition coefficient (Wildman–Crippen LogP) is 0.959. The molecule has 6 nitrogen and oxygen atoms in total. The largest absolute Gasteiger partial charge is 0.384 e. The summed E-state index contributed by atoms with van der Waals surface area (Å²) >= 11 is 0. The third-order valence-electron chi connectivity index (χ3n) is 2.85. The van der Waals surface area contributed by atoms with Crippen LogP contribution in [0.15, 0.2) is 30.6 Å². The molecule has 0 spiro atoms. The van der Waals surface area contributed by atoms with Crippen LogP contribution in [0.2, 0.25) is 0 Å². The SMILES string of the molecule is Cc1cc(C#CCO)ccc1NC(=O)CCn1ccnn1. The third kappa shape index (κ3) is 4.44. The zero-order chi connectivity index (χ0) is 15.1. The molecule has 0 aliphatic carbocycles. The molecule has 0 bridgehead atoms. The number of hydrogen-bond acceptors (Lipinski definition) is 4. The van der Waals surface area contributed by atoms with Gasteiger partial charge in [0, 0.05) is 23.9 Å². The van der Waals surface area contributed by atoms with E-state index < -0.39 is 0 Å². The minimum absolute atomic E-state index is 0.0807. The summed E-state index contributed by atoms with van der Waals surface area (Å²) in [6.07, 6.45) is 3.62. The van der Waals surface area contributed by atoms with Gasteiger partial charge in [-0.1, -0.05) is 17.1 Å². The van der Waals surface area contributed by atoms with Crippen LogP contribution in [0.1, 0.15) is 17.5 Å². The maximum absolute atomic E-state index is 11.9. The van der Waals surface area contributed by atoms with Crippen molar-refractivity contribution in [3.63, 3.8) is 0 Å². The fourth-order valence-corrected chi connectivity index (χ4v) is 1.80. The highest BCUT2D eigenvalue weighted by Gasteiger charge is 2.05. The Morgan fingerprint density at radius 2 is 2.33 bits per heavy atom. The van der Waals surface area contributed by atoms with Crippen LogP contribution in [0, 0.1) is 18.8 Å². The Morgan fingerprint density at radius 3 is 3.00 bits per heavy atom. The van der Waals surface area contributed by atoms with Gasteiger partial charge in [-0.05, 0) is 30.7 Å². The normalized spacial score (nSPS) is 9.81. The van der Waals surface area contributed by atoms with Gasteiger partial charge in [-0.15, -0.1) is 5.10 Å². The number of nitrogens with zero attached hydrogens (tertiary/aromatic N) is 3. The molecule has 0 atom stereocenters. The summed E-state index contributed by atoms with van der Waals surface area (Å²) in [6.45, 7) is 2.22. The molecule has 0 saturated heterocycles. The lowest BCUT2D eigenvalue weighted by Crippen LogP contribution is -2.15. The Hall–Kier alpha value is -2.65. The molecule has 1 heterocycles. The number of benzene rings is 1. The first-order valence-electron chi connectivity index (χ1n) is 6.53. The van der Waals surface area contributed by atoms with Crippen LogP contribution in [0.25, 0.3) is 0 Å². The van der Waals surface area contributed by atoms with Gasteiger partial charge in [-0.2, -0.15) is 0 Å². The fraction of sp³-hybridized carbons (Fsp3) is 0.267. The van der Waals surface area contributed by atoms with Gasteiger partial charge in [0.1, 0.15) is 6.61 Å².